The highest BCUT2D eigenvalue weighted by molar-refractivity contribution is 7.99. The van der Waals surface area contributed by atoms with Gasteiger partial charge in [-0.25, -0.2) is 0 Å². The molecule has 6 rings (SSSR count). The lowest BCUT2D eigenvalue weighted by molar-refractivity contribution is -0.113. The fourth-order valence-corrected chi connectivity index (χ4v) is 7.32. The molecule has 4 fully saturated rings. The van der Waals surface area contributed by atoms with Gasteiger partial charge in [0.25, 0.3) is 5.91 Å². The number of nitrogens with one attached hydrogen (secondary N) is 1. The van der Waals surface area contributed by atoms with Crippen LogP contribution in [-0.4, -0.2) is 32.3 Å². The van der Waals surface area contributed by atoms with Crippen LogP contribution in [0, 0.1) is 23.2 Å². The van der Waals surface area contributed by atoms with Crippen LogP contribution in [0.15, 0.2) is 29.4 Å². The fraction of sp³-hybridized carbons (Fsp3) is 0.565. The maximum atomic E-state index is 12.4. The first kappa shape index (κ1) is 20.5. The number of carbonyl (C=O) groups excluding carboxylic acids is 2. The molecule has 1 aromatic heterocycles. The number of benzene rings is 1. The lowest BCUT2D eigenvalue weighted by Crippen LogP contribution is -2.47. The van der Waals surface area contributed by atoms with Crippen LogP contribution in [-0.2, 0) is 18.3 Å². The zero-order chi connectivity index (χ0) is 21.6. The van der Waals surface area contributed by atoms with Crippen LogP contribution in [0.2, 0.25) is 0 Å². The number of amides is 2. The van der Waals surface area contributed by atoms with Crippen molar-refractivity contribution in [1.82, 2.24) is 14.8 Å². The second-order valence-electron chi connectivity index (χ2n) is 9.80. The van der Waals surface area contributed by atoms with Crippen LogP contribution in [0.3, 0.4) is 0 Å². The number of para-hydroxylation sites is 1. The minimum Gasteiger partial charge on any atom is -0.366 e. The Bertz CT molecular complexity index is 982. The number of hydrogen-bond donors (Lipinski definition) is 2. The van der Waals surface area contributed by atoms with Crippen LogP contribution >= 0.6 is 11.8 Å². The first-order valence-corrected chi connectivity index (χ1v) is 12.1. The van der Waals surface area contributed by atoms with Crippen molar-refractivity contribution >= 4 is 29.3 Å². The molecule has 0 saturated heterocycles. The monoisotopic (exact) mass is 439 g/mol. The van der Waals surface area contributed by atoms with Crippen LogP contribution in [0.25, 0.3) is 0 Å². The third kappa shape index (κ3) is 4.10. The molecule has 0 atom stereocenters. The molecule has 4 bridgehead atoms. The van der Waals surface area contributed by atoms with E-state index in [9.17, 15) is 9.59 Å². The van der Waals surface area contributed by atoms with Gasteiger partial charge in [0.15, 0.2) is 5.16 Å². The molecule has 164 valence electrons. The van der Waals surface area contributed by atoms with Crippen molar-refractivity contribution < 1.29 is 9.59 Å². The highest BCUT2D eigenvalue weighted by atomic mass is 32.2. The van der Waals surface area contributed by atoms with Crippen molar-refractivity contribution in [2.45, 2.75) is 50.1 Å². The number of rotatable bonds is 7. The zero-order valence-electron chi connectivity index (χ0n) is 17.8. The number of aromatic nitrogens is 3. The summed E-state index contributed by atoms with van der Waals surface area (Å²) in [5.74, 6) is 3.21. The molecule has 7 nitrogen and oxygen atoms in total. The van der Waals surface area contributed by atoms with E-state index in [2.05, 4.69) is 15.5 Å². The van der Waals surface area contributed by atoms with E-state index in [1.807, 2.05) is 11.6 Å². The van der Waals surface area contributed by atoms with Gasteiger partial charge in [-0.15, -0.1) is 10.2 Å². The van der Waals surface area contributed by atoms with Gasteiger partial charge in [0, 0.05) is 13.5 Å². The lowest BCUT2D eigenvalue weighted by Gasteiger charge is -2.56. The summed E-state index contributed by atoms with van der Waals surface area (Å²) in [6, 6.07) is 6.75. The first-order valence-electron chi connectivity index (χ1n) is 11.1. The third-order valence-corrected chi connectivity index (χ3v) is 8.44. The summed E-state index contributed by atoms with van der Waals surface area (Å²) in [5, 5.41) is 12.4. The molecule has 1 aromatic carbocycles. The average molecular weight is 440 g/mol. The van der Waals surface area contributed by atoms with E-state index in [1.165, 1.54) is 50.3 Å². The molecule has 0 unspecified atom stereocenters. The lowest BCUT2D eigenvalue weighted by atomic mass is 9.49. The van der Waals surface area contributed by atoms with Gasteiger partial charge in [0.2, 0.25) is 5.91 Å². The zero-order valence-corrected chi connectivity index (χ0v) is 18.7. The van der Waals surface area contributed by atoms with Gasteiger partial charge in [-0.1, -0.05) is 23.9 Å². The standard InChI is InChI=1S/C23H29N5O2S/c1-28-19(12-23-9-14-6-15(10-23)8-16(7-14)11-23)26-27-22(28)31-13-20(29)25-18-5-3-2-4-17(18)21(24)30/h2-5,14-16H,6-13H2,1H3,(H2,24,30)(H,25,29). The Morgan fingerprint density at radius 3 is 2.42 bits per heavy atom. The summed E-state index contributed by atoms with van der Waals surface area (Å²) in [7, 11) is 2.00. The minimum absolute atomic E-state index is 0.191. The molecular weight excluding hydrogens is 410 g/mol. The number of anilines is 1. The largest absolute Gasteiger partial charge is 0.366 e. The second kappa shape index (κ2) is 7.97. The van der Waals surface area contributed by atoms with Gasteiger partial charge in [-0.05, 0) is 73.8 Å². The topological polar surface area (TPSA) is 103 Å². The van der Waals surface area contributed by atoms with E-state index in [0.717, 1.165) is 35.2 Å². The normalized spacial score (nSPS) is 28.6. The molecule has 4 aliphatic carbocycles. The fourth-order valence-electron chi connectivity index (χ4n) is 6.59. The predicted octanol–water partition coefficient (Wildman–Crippen LogP) is 3.40. The summed E-state index contributed by atoms with van der Waals surface area (Å²) in [4.78, 5) is 24.0. The summed E-state index contributed by atoms with van der Waals surface area (Å²) in [6.07, 6.45) is 9.34. The number of nitrogens with two attached hydrogens (primary N) is 1. The third-order valence-electron chi connectivity index (χ3n) is 7.42. The van der Waals surface area contributed by atoms with Crippen molar-refractivity contribution in [2.24, 2.45) is 36.0 Å². The Morgan fingerprint density at radius 2 is 1.77 bits per heavy atom. The molecule has 0 aliphatic heterocycles. The Balaban J connectivity index is 1.21. The Kier molecular flexibility index (Phi) is 5.28. The highest BCUT2D eigenvalue weighted by Crippen LogP contribution is 2.60. The molecule has 4 saturated carbocycles. The van der Waals surface area contributed by atoms with E-state index in [-0.39, 0.29) is 11.7 Å². The molecule has 0 spiro atoms. The van der Waals surface area contributed by atoms with Crippen molar-refractivity contribution in [2.75, 3.05) is 11.1 Å². The van der Waals surface area contributed by atoms with E-state index >= 15 is 0 Å². The van der Waals surface area contributed by atoms with Crippen molar-refractivity contribution in [1.29, 1.82) is 0 Å². The van der Waals surface area contributed by atoms with Crippen molar-refractivity contribution in [3.05, 3.63) is 35.7 Å². The van der Waals surface area contributed by atoms with Crippen LogP contribution in [0.1, 0.15) is 54.7 Å². The molecule has 8 heteroatoms. The Hall–Kier alpha value is -2.35. The smallest absolute Gasteiger partial charge is 0.250 e. The number of nitrogens with zero attached hydrogens (tertiary/aromatic N) is 3. The second-order valence-corrected chi connectivity index (χ2v) is 10.7. The number of hydrogen-bond acceptors (Lipinski definition) is 5. The SMILES string of the molecule is Cn1c(CC23CC4CC(CC(C4)C2)C3)nnc1SCC(=O)Nc1ccccc1C(N)=O. The molecule has 2 amide bonds. The van der Waals surface area contributed by atoms with E-state index in [0.29, 0.717) is 16.7 Å². The molecule has 2 aromatic rings. The highest BCUT2D eigenvalue weighted by Gasteiger charge is 2.51. The van der Waals surface area contributed by atoms with Gasteiger partial charge < -0.3 is 15.6 Å². The van der Waals surface area contributed by atoms with Crippen molar-refractivity contribution in [3.8, 4) is 0 Å². The van der Waals surface area contributed by atoms with E-state index < -0.39 is 5.91 Å². The van der Waals surface area contributed by atoms with Crippen LogP contribution in [0.5, 0.6) is 0 Å². The summed E-state index contributed by atoms with van der Waals surface area (Å²) >= 11 is 1.36. The van der Waals surface area contributed by atoms with Gasteiger partial charge in [-0.2, -0.15) is 0 Å². The number of primary amides is 1. The average Bonchev–Trinajstić information content (AvgIpc) is 3.04. The van der Waals surface area contributed by atoms with E-state index in [1.54, 1.807) is 24.3 Å². The molecule has 4 aliphatic rings. The summed E-state index contributed by atoms with van der Waals surface area (Å²) < 4.78 is 2.05. The molecule has 3 N–H and O–H groups in total. The summed E-state index contributed by atoms with van der Waals surface area (Å²) in [6.45, 7) is 0. The van der Waals surface area contributed by atoms with Gasteiger partial charge >= 0.3 is 0 Å². The van der Waals surface area contributed by atoms with Gasteiger partial charge in [-0.3, -0.25) is 9.59 Å². The van der Waals surface area contributed by atoms with E-state index in [4.69, 9.17) is 5.73 Å². The minimum atomic E-state index is -0.564. The van der Waals surface area contributed by atoms with Crippen LogP contribution < -0.4 is 11.1 Å². The Morgan fingerprint density at radius 1 is 1.13 bits per heavy atom. The molecular formula is C23H29N5O2S. The summed E-state index contributed by atoms with van der Waals surface area (Å²) in [5.41, 5.74) is 6.53. The number of carbonyl (C=O) groups is 2. The molecule has 31 heavy (non-hydrogen) atoms. The first-order chi connectivity index (χ1) is 14.9. The van der Waals surface area contributed by atoms with Gasteiger partial charge in [0.05, 0.1) is 17.0 Å². The Labute approximate surface area is 186 Å². The maximum absolute atomic E-state index is 12.4. The van der Waals surface area contributed by atoms with Crippen molar-refractivity contribution in [3.63, 3.8) is 0 Å². The quantitative estimate of drug-likeness (QED) is 0.644. The molecule has 0 radical (unpaired) electrons. The molecule has 1 heterocycles. The maximum Gasteiger partial charge on any atom is 0.250 e. The van der Waals surface area contributed by atoms with Gasteiger partial charge in [0.1, 0.15) is 5.82 Å². The predicted molar refractivity (Wildman–Crippen MR) is 120 cm³/mol. The number of thioether (sulfide) groups is 1. The van der Waals surface area contributed by atoms with Crippen LogP contribution in [0.4, 0.5) is 5.69 Å².